The topological polar surface area (TPSA) is 56.5 Å². The highest BCUT2D eigenvalue weighted by Crippen LogP contribution is 2.33. The van der Waals surface area contributed by atoms with Crippen molar-refractivity contribution in [3.05, 3.63) is 23.7 Å². The van der Waals surface area contributed by atoms with Crippen LogP contribution in [0.5, 0.6) is 0 Å². The number of ether oxygens (including phenoxy) is 1. The maximum atomic E-state index is 11.6. The Hall–Kier alpha value is -1.58. The molecule has 0 amide bonds. The minimum absolute atomic E-state index is 0.00875. The molecular weight excluding hydrogens is 196 g/mol. The summed E-state index contributed by atoms with van der Waals surface area (Å²) in [5.41, 5.74) is 0. The van der Waals surface area contributed by atoms with E-state index in [2.05, 4.69) is 0 Å². The van der Waals surface area contributed by atoms with Crippen LogP contribution in [0.4, 0.5) is 0 Å². The standard InChI is InChI=1S/C11H12O4/c1-2-14-11(13)9-6-5-8(15-9)10(12)7-3-4-7/h5-7H,2-4H2,1H3. The van der Waals surface area contributed by atoms with Gasteiger partial charge in [0.2, 0.25) is 11.5 Å². The number of carbonyl (C=O) groups is 2. The highest BCUT2D eigenvalue weighted by Gasteiger charge is 2.32. The van der Waals surface area contributed by atoms with Gasteiger partial charge in [0.05, 0.1) is 6.61 Å². The monoisotopic (exact) mass is 208 g/mol. The zero-order valence-electron chi connectivity index (χ0n) is 8.49. The summed E-state index contributed by atoms with van der Waals surface area (Å²) in [6, 6.07) is 3.01. The minimum atomic E-state index is -0.521. The highest BCUT2D eigenvalue weighted by atomic mass is 16.5. The lowest BCUT2D eigenvalue weighted by Crippen LogP contribution is -2.03. The summed E-state index contributed by atoms with van der Waals surface area (Å²) in [5.74, 6) is -0.0644. The van der Waals surface area contributed by atoms with Gasteiger partial charge in [0.25, 0.3) is 0 Å². The number of furan rings is 1. The van der Waals surface area contributed by atoms with E-state index in [0.29, 0.717) is 6.61 Å². The molecule has 15 heavy (non-hydrogen) atoms. The van der Waals surface area contributed by atoms with E-state index < -0.39 is 5.97 Å². The van der Waals surface area contributed by atoms with Crippen LogP contribution in [0.15, 0.2) is 16.5 Å². The molecule has 0 spiro atoms. The number of rotatable bonds is 4. The highest BCUT2D eigenvalue weighted by molar-refractivity contribution is 5.98. The molecule has 1 fully saturated rings. The number of carbonyl (C=O) groups excluding carboxylic acids is 2. The minimum Gasteiger partial charge on any atom is -0.460 e. The molecule has 2 rings (SSSR count). The first-order chi connectivity index (χ1) is 7.22. The lowest BCUT2D eigenvalue weighted by Gasteiger charge is -1.96. The fourth-order valence-corrected chi connectivity index (χ4v) is 1.33. The van der Waals surface area contributed by atoms with Gasteiger partial charge in [-0.15, -0.1) is 0 Å². The molecule has 4 heteroatoms. The SMILES string of the molecule is CCOC(=O)c1ccc(C(=O)C2CC2)o1. The third kappa shape index (κ3) is 2.09. The lowest BCUT2D eigenvalue weighted by molar-refractivity contribution is 0.0488. The first kappa shape index (κ1) is 9.96. The molecule has 0 aromatic carbocycles. The molecule has 0 unspecified atom stereocenters. The molecule has 0 atom stereocenters. The molecule has 1 aromatic rings. The smallest absolute Gasteiger partial charge is 0.374 e. The van der Waals surface area contributed by atoms with E-state index in [-0.39, 0.29) is 23.2 Å². The first-order valence-corrected chi connectivity index (χ1v) is 5.03. The summed E-state index contributed by atoms with van der Waals surface area (Å²) in [6.07, 6.45) is 1.85. The molecule has 0 radical (unpaired) electrons. The fraction of sp³-hybridized carbons (Fsp3) is 0.455. The summed E-state index contributed by atoms with van der Waals surface area (Å²) in [6.45, 7) is 2.02. The van der Waals surface area contributed by atoms with Crippen molar-refractivity contribution in [1.29, 1.82) is 0 Å². The largest absolute Gasteiger partial charge is 0.460 e. The van der Waals surface area contributed by atoms with Gasteiger partial charge in [-0.05, 0) is 31.9 Å². The zero-order chi connectivity index (χ0) is 10.8. The van der Waals surface area contributed by atoms with Crippen molar-refractivity contribution in [3.63, 3.8) is 0 Å². The number of ketones is 1. The Morgan fingerprint density at radius 3 is 2.67 bits per heavy atom. The second-order valence-corrected chi connectivity index (χ2v) is 3.52. The number of esters is 1. The van der Waals surface area contributed by atoms with Crippen LogP contribution in [0.2, 0.25) is 0 Å². The van der Waals surface area contributed by atoms with Crippen LogP contribution in [-0.4, -0.2) is 18.4 Å². The van der Waals surface area contributed by atoms with Crippen molar-refractivity contribution in [2.75, 3.05) is 6.61 Å². The van der Waals surface area contributed by atoms with Crippen LogP contribution in [0, 0.1) is 5.92 Å². The van der Waals surface area contributed by atoms with Gasteiger partial charge in [-0.1, -0.05) is 0 Å². The Morgan fingerprint density at radius 1 is 1.40 bits per heavy atom. The van der Waals surface area contributed by atoms with Crippen LogP contribution in [0.25, 0.3) is 0 Å². The van der Waals surface area contributed by atoms with E-state index in [0.717, 1.165) is 12.8 Å². The second-order valence-electron chi connectivity index (χ2n) is 3.52. The van der Waals surface area contributed by atoms with Gasteiger partial charge in [-0.25, -0.2) is 4.79 Å². The van der Waals surface area contributed by atoms with Gasteiger partial charge < -0.3 is 9.15 Å². The molecule has 1 aromatic heterocycles. The maximum absolute atomic E-state index is 11.6. The Morgan fingerprint density at radius 2 is 2.07 bits per heavy atom. The van der Waals surface area contributed by atoms with Crippen LogP contribution < -0.4 is 0 Å². The molecule has 0 bridgehead atoms. The van der Waals surface area contributed by atoms with Gasteiger partial charge in [0, 0.05) is 5.92 Å². The van der Waals surface area contributed by atoms with Gasteiger partial charge in [0.1, 0.15) is 0 Å². The Balaban J connectivity index is 2.09. The average molecular weight is 208 g/mol. The van der Waals surface area contributed by atoms with Crippen LogP contribution in [-0.2, 0) is 4.74 Å². The Labute approximate surface area is 87.2 Å². The number of hydrogen-bond donors (Lipinski definition) is 0. The first-order valence-electron chi connectivity index (χ1n) is 5.03. The van der Waals surface area contributed by atoms with Crippen molar-refractivity contribution in [1.82, 2.24) is 0 Å². The second kappa shape index (κ2) is 3.88. The third-order valence-corrected chi connectivity index (χ3v) is 2.27. The van der Waals surface area contributed by atoms with E-state index in [4.69, 9.17) is 9.15 Å². The van der Waals surface area contributed by atoms with Crippen molar-refractivity contribution in [3.8, 4) is 0 Å². The Kier molecular flexibility index (Phi) is 2.58. The quantitative estimate of drug-likeness (QED) is 0.561. The molecule has 1 heterocycles. The van der Waals surface area contributed by atoms with Crippen LogP contribution in [0.3, 0.4) is 0 Å². The molecule has 0 saturated heterocycles. The summed E-state index contributed by atoms with van der Waals surface area (Å²) < 4.78 is 9.89. The van der Waals surface area contributed by atoms with E-state index in [1.165, 1.54) is 12.1 Å². The summed E-state index contributed by atoms with van der Waals surface area (Å²) >= 11 is 0. The van der Waals surface area contributed by atoms with Gasteiger partial charge in [-0.3, -0.25) is 4.79 Å². The molecule has 0 aliphatic heterocycles. The molecule has 80 valence electrons. The van der Waals surface area contributed by atoms with Crippen LogP contribution in [0.1, 0.15) is 40.9 Å². The van der Waals surface area contributed by atoms with E-state index in [1.807, 2.05) is 0 Å². The van der Waals surface area contributed by atoms with E-state index >= 15 is 0 Å². The summed E-state index contributed by atoms with van der Waals surface area (Å²) in [5, 5.41) is 0. The maximum Gasteiger partial charge on any atom is 0.374 e. The number of hydrogen-bond acceptors (Lipinski definition) is 4. The molecule has 1 saturated carbocycles. The average Bonchev–Trinajstić information content (AvgIpc) is 2.95. The predicted molar refractivity (Wildman–Crippen MR) is 51.7 cm³/mol. The molecule has 0 N–H and O–H groups in total. The van der Waals surface area contributed by atoms with Gasteiger partial charge in [-0.2, -0.15) is 0 Å². The third-order valence-electron chi connectivity index (χ3n) is 2.27. The lowest BCUT2D eigenvalue weighted by atomic mass is 10.2. The van der Waals surface area contributed by atoms with Crippen molar-refractivity contribution >= 4 is 11.8 Å². The Bertz CT molecular complexity index is 387. The van der Waals surface area contributed by atoms with Crippen LogP contribution >= 0.6 is 0 Å². The van der Waals surface area contributed by atoms with Gasteiger partial charge >= 0.3 is 5.97 Å². The van der Waals surface area contributed by atoms with E-state index in [9.17, 15) is 9.59 Å². The molecule has 1 aliphatic rings. The summed E-state index contributed by atoms with van der Waals surface area (Å²) in [4.78, 5) is 22.8. The predicted octanol–water partition coefficient (Wildman–Crippen LogP) is 2.05. The molecular formula is C11H12O4. The van der Waals surface area contributed by atoms with E-state index in [1.54, 1.807) is 6.92 Å². The number of Topliss-reactive ketones (excluding diaryl/α,β-unsaturated/α-hetero) is 1. The van der Waals surface area contributed by atoms with Gasteiger partial charge in [0.15, 0.2) is 5.76 Å². The molecule has 1 aliphatic carbocycles. The zero-order valence-corrected chi connectivity index (χ0v) is 8.49. The van der Waals surface area contributed by atoms with Crippen molar-refractivity contribution in [2.24, 2.45) is 5.92 Å². The normalized spacial score (nSPS) is 15.0. The molecule has 4 nitrogen and oxygen atoms in total. The fourth-order valence-electron chi connectivity index (χ4n) is 1.33. The summed E-state index contributed by atoms with van der Waals surface area (Å²) in [7, 11) is 0. The van der Waals surface area contributed by atoms with Crippen molar-refractivity contribution in [2.45, 2.75) is 19.8 Å². The van der Waals surface area contributed by atoms with Crippen molar-refractivity contribution < 1.29 is 18.7 Å².